The third kappa shape index (κ3) is 5.99. The molecule has 0 atom stereocenters. The minimum Gasteiger partial charge on any atom is -0.493 e. The van der Waals surface area contributed by atoms with Gasteiger partial charge in [-0.2, -0.15) is 5.26 Å². The van der Waals surface area contributed by atoms with E-state index in [1.807, 2.05) is 37.3 Å². The van der Waals surface area contributed by atoms with Crippen LogP contribution in [0.4, 0.5) is 0 Å². The average Bonchev–Trinajstić information content (AvgIpc) is 2.82. The topological polar surface area (TPSA) is 68.5 Å². The van der Waals surface area contributed by atoms with Crippen LogP contribution in [0.2, 0.25) is 0 Å². The monoisotopic (exact) mass is 427 g/mol. The maximum Gasteiger partial charge on any atom is 0.311 e. The van der Waals surface area contributed by atoms with Crippen LogP contribution in [0.1, 0.15) is 28.7 Å². The normalized spacial score (nSPS) is 10.9. The highest BCUT2D eigenvalue weighted by atomic mass is 16.5. The molecule has 0 aliphatic rings. The molecule has 32 heavy (non-hydrogen) atoms. The van der Waals surface area contributed by atoms with Crippen LogP contribution in [0.5, 0.6) is 17.2 Å². The van der Waals surface area contributed by atoms with Gasteiger partial charge in [-0.1, -0.05) is 42.0 Å². The van der Waals surface area contributed by atoms with Crippen molar-refractivity contribution in [3.8, 4) is 23.3 Å². The van der Waals surface area contributed by atoms with Crippen LogP contribution >= 0.6 is 0 Å². The molecule has 5 heteroatoms. The van der Waals surface area contributed by atoms with Gasteiger partial charge in [0.15, 0.2) is 11.5 Å². The zero-order valence-corrected chi connectivity index (χ0v) is 18.4. The summed E-state index contributed by atoms with van der Waals surface area (Å²) in [5.74, 6) is 1.28. The van der Waals surface area contributed by atoms with Crippen molar-refractivity contribution in [3.63, 3.8) is 0 Å². The number of aryl methyl sites for hydroxylation is 2. The molecule has 0 aliphatic carbocycles. The predicted molar refractivity (Wildman–Crippen MR) is 125 cm³/mol. The lowest BCUT2D eigenvalue weighted by atomic mass is 10.0. The van der Waals surface area contributed by atoms with Crippen LogP contribution in [0.15, 0.2) is 66.7 Å². The summed E-state index contributed by atoms with van der Waals surface area (Å²) in [5.41, 5.74) is 4.18. The van der Waals surface area contributed by atoms with E-state index < -0.39 is 0 Å². The van der Waals surface area contributed by atoms with Crippen LogP contribution < -0.4 is 14.2 Å². The summed E-state index contributed by atoms with van der Waals surface area (Å²) in [5, 5.41) is 9.67. The predicted octanol–water partition coefficient (Wildman–Crippen LogP) is 5.61. The zero-order chi connectivity index (χ0) is 22.9. The second-order valence-corrected chi connectivity index (χ2v) is 7.27. The minimum atomic E-state index is -0.299. The molecule has 0 fully saturated rings. The number of esters is 1. The molecule has 0 aliphatic heterocycles. The molecule has 0 bridgehead atoms. The van der Waals surface area contributed by atoms with Crippen molar-refractivity contribution in [2.75, 3.05) is 14.2 Å². The number of hydrogen-bond donors (Lipinski definition) is 0. The van der Waals surface area contributed by atoms with Gasteiger partial charge in [-0.15, -0.1) is 0 Å². The van der Waals surface area contributed by atoms with Crippen molar-refractivity contribution in [1.29, 1.82) is 5.26 Å². The Hall–Kier alpha value is -4.04. The summed E-state index contributed by atoms with van der Waals surface area (Å²) in [6.07, 6.45) is 2.65. The van der Waals surface area contributed by atoms with Crippen LogP contribution in [0.25, 0.3) is 11.6 Å². The lowest BCUT2D eigenvalue weighted by Gasteiger charge is -2.09. The number of rotatable bonds is 8. The number of allylic oxidation sites excluding steroid dienone is 1. The highest BCUT2D eigenvalue weighted by Crippen LogP contribution is 2.31. The Morgan fingerprint density at radius 1 is 0.969 bits per heavy atom. The first-order chi connectivity index (χ1) is 15.5. The Balaban J connectivity index is 1.71. The quantitative estimate of drug-likeness (QED) is 0.202. The number of benzene rings is 3. The van der Waals surface area contributed by atoms with Crippen LogP contribution in [-0.4, -0.2) is 20.2 Å². The number of carbonyl (C=O) groups excluding carboxylic acids is 1. The lowest BCUT2D eigenvalue weighted by Crippen LogP contribution is -2.09. The molecule has 0 unspecified atom stereocenters. The van der Waals surface area contributed by atoms with Gasteiger partial charge in [0.25, 0.3) is 0 Å². The first-order valence-electron chi connectivity index (χ1n) is 10.2. The summed E-state index contributed by atoms with van der Waals surface area (Å²) in [6.45, 7) is 2.03. The van der Waals surface area contributed by atoms with Crippen molar-refractivity contribution in [3.05, 3.63) is 89.0 Å². The Morgan fingerprint density at radius 3 is 2.41 bits per heavy atom. The van der Waals surface area contributed by atoms with Crippen LogP contribution in [0.3, 0.4) is 0 Å². The van der Waals surface area contributed by atoms with E-state index in [1.54, 1.807) is 56.7 Å². The SMILES string of the molecule is COc1ccc(/C(C#N)=C\c2cccc(OC(=O)CCc3ccc(C)cc3)c2)cc1OC. The Kier molecular flexibility index (Phi) is 7.66. The first-order valence-corrected chi connectivity index (χ1v) is 10.2. The minimum absolute atomic E-state index is 0.290. The molecule has 0 N–H and O–H groups in total. The van der Waals surface area contributed by atoms with Crippen molar-refractivity contribution >= 4 is 17.6 Å². The number of nitriles is 1. The second-order valence-electron chi connectivity index (χ2n) is 7.27. The molecule has 0 aromatic heterocycles. The maximum atomic E-state index is 12.3. The molecular weight excluding hydrogens is 402 g/mol. The van der Waals surface area contributed by atoms with E-state index in [9.17, 15) is 10.1 Å². The third-order valence-corrected chi connectivity index (χ3v) is 4.95. The van der Waals surface area contributed by atoms with Gasteiger partial charge in [-0.05, 0) is 66.4 Å². The summed E-state index contributed by atoms with van der Waals surface area (Å²) in [7, 11) is 3.11. The van der Waals surface area contributed by atoms with Gasteiger partial charge >= 0.3 is 5.97 Å². The van der Waals surface area contributed by atoms with Crippen molar-refractivity contribution in [2.45, 2.75) is 19.8 Å². The van der Waals surface area contributed by atoms with Gasteiger partial charge in [-0.25, -0.2) is 0 Å². The van der Waals surface area contributed by atoms with E-state index in [0.717, 1.165) is 11.1 Å². The van der Waals surface area contributed by atoms with E-state index in [4.69, 9.17) is 14.2 Å². The molecule has 3 aromatic carbocycles. The molecule has 5 nitrogen and oxygen atoms in total. The van der Waals surface area contributed by atoms with Gasteiger partial charge in [0.1, 0.15) is 5.75 Å². The zero-order valence-electron chi connectivity index (χ0n) is 18.4. The van der Waals surface area contributed by atoms with Gasteiger partial charge in [-0.3, -0.25) is 4.79 Å². The van der Waals surface area contributed by atoms with Gasteiger partial charge < -0.3 is 14.2 Å². The lowest BCUT2D eigenvalue weighted by molar-refractivity contribution is -0.134. The molecule has 3 rings (SSSR count). The summed E-state index contributed by atoms with van der Waals surface area (Å²) < 4.78 is 16.1. The molecule has 3 aromatic rings. The van der Waals surface area contributed by atoms with E-state index in [2.05, 4.69) is 6.07 Å². The number of carbonyl (C=O) groups is 1. The average molecular weight is 428 g/mol. The van der Waals surface area contributed by atoms with Gasteiger partial charge in [0, 0.05) is 6.42 Å². The maximum absolute atomic E-state index is 12.3. The molecule has 0 heterocycles. The van der Waals surface area contributed by atoms with Gasteiger partial charge in [0.05, 0.1) is 25.9 Å². The molecule has 162 valence electrons. The fraction of sp³-hybridized carbons (Fsp3) is 0.185. The Bertz CT molecular complexity index is 1160. The number of methoxy groups -OCH3 is 2. The molecule has 0 saturated carbocycles. The summed E-state index contributed by atoms with van der Waals surface area (Å²) in [4.78, 5) is 12.3. The van der Waals surface area contributed by atoms with E-state index in [1.165, 1.54) is 5.56 Å². The third-order valence-electron chi connectivity index (χ3n) is 4.95. The van der Waals surface area contributed by atoms with E-state index in [0.29, 0.717) is 34.8 Å². The highest BCUT2D eigenvalue weighted by molar-refractivity contribution is 5.90. The molecule has 0 spiro atoms. The Morgan fingerprint density at radius 2 is 1.72 bits per heavy atom. The fourth-order valence-electron chi connectivity index (χ4n) is 3.20. The molecular formula is C27H25NO4. The number of hydrogen-bond acceptors (Lipinski definition) is 5. The first kappa shape index (κ1) is 22.6. The van der Waals surface area contributed by atoms with Gasteiger partial charge in [0.2, 0.25) is 0 Å². The van der Waals surface area contributed by atoms with Crippen LogP contribution in [0, 0.1) is 18.3 Å². The smallest absolute Gasteiger partial charge is 0.311 e. The van der Waals surface area contributed by atoms with E-state index in [-0.39, 0.29) is 12.4 Å². The van der Waals surface area contributed by atoms with Crippen molar-refractivity contribution in [1.82, 2.24) is 0 Å². The summed E-state index contributed by atoms with van der Waals surface area (Å²) >= 11 is 0. The molecule has 0 amide bonds. The Labute approximate surface area is 188 Å². The van der Waals surface area contributed by atoms with Crippen molar-refractivity contribution in [2.24, 2.45) is 0 Å². The van der Waals surface area contributed by atoms with E-state index >= 15 is 0 Å². The molecule has 0 saturated heterocycles. The highest BCUT2D eigenvalue weighted by Gasteiger charge is 2.09. The molecule has 0 radical (unpaired) electrons. The largest absolute Gasteiger partial charge is 0.493 e. The summed E-state index contributed by atoms with van der Waals surface area (Å²) in [6, 6.07) is 22.7. The number of nitrogens with zero attached hydrogens (tertiary/aromatic N) is 1. The number of ether oxygens (including phenoxy) is 3. The standard InChI is InChI=1S/C27H25NO4/c1-19-7-9-20(10-8-19)11-14-27(29)32-24-6-4-5-21(16-24)15-23(18-28)22-12-13-25(30-2)26(17-22)31-3/h4-10,12-13,15-17H,11,14H2,1-3H3/b23-15-. The second kappa shape index (κ2) is 10.8. The van der Waals surface area contributed by atoms with Crippen molar-refractivity contribution < 1.29 is 19.0 Å². The van der Waals surface area contributed by atoms with Crippen LogP contribution in [-0.2, 0) is 11.2 Å². The fourth-order valence-corrected chi connectivity index (χ4v) is 3.20.